The average molecular weight is 247 g/mol. The lowest BCUT2D eigenvalue weighted by molar-refractivity contribution is -0.137. The molecular formula is C9H11ClN2O2S. The molecule has 1 rings (SSSR count). The van der Waals surface area contributed by atoms with Crippen molar-refractivity contribution in [2.75, 3.05) is 5.75 Å². The van der Waals surface area contributed by atoms with Gasteiger partial charge in [0.1, 0.15) is 11.2 Å². The Kier molecular flexibility index (Phi) is 4.87. The summed E-state index contributed by atoms with van der Waals surface area (Å²) in [6.07, 6.45) is 0. The SMILES string of the molecule is NC(CSCc1cccc(Cl)n1)C(=O)O. The molecule has 0 fully saturated rings. The van der Waals surface area contributed by atoms with Gasteiger partial charge in [-0.25, -0.2) is 4.98 Å². The molecule has 0 aliphatic heterocycles. The molecule has 1 aromatic rings. The number of pyridine rings is 1. The Labute approximate surface area is 96.8 Å². The molecule has 1 aromatic heterocycles. The molecule has 15 heavy (non-hydrogen) atoms. The van der Waals surface area contributed by atoms with Crippen molar-refractivity contribution in [1.29, 1.82) is 0 Å². The maximum atomic E-state index is 10.4. The Bertz CT molecular complexity index is 349. The molecule has 6 heteroatoms. The highest BCUT2D eigenvalue weighted by molar-refractivity contribution is 7.98. The fourth-order valence-corrected chi connectivity index (χ4v) is 1.96. The topological polar surface area (TPSA) is 76.2 Å². The normalized spacial score (nSPS) is 12.4. The molecule has 0 radical (unpaired) electrons. The molecule has 0 saturated carbocycles. The molecule has 0 spiro atoms. The van der Waals surface area contributed by atoms with Crippen molar-refractivity contribution in [2.45, 2.75) is 11.8 Å². The zero-order chi connectivity index (χ0) is 11.3. The summed E-state index contributed by atoms with van der Waals surface area (Å²) in [5, 5.41) is 8.99. The number of carboxylic acids is 1. The standard InChI is InChI=1S/C9H11ClN2O2S/c10-8-3-1-2-6(12-8)4-15-5-7(11)9(13)14/h1-3,7H,4-5,11H2,(H,13,14). The zero-order valence-electron chi connectivity index (χ0n) is 7.89. The van der Waals surface area contributed by atoms with Gasteiger partial charge < -0.3 is 10.8 Å². The first-order valence-electron chi connectivity index (χ1n) is 4.27. The fourth-order valence-electron chi connectivity index (χ4n) is 0.892. The van der Waals surface area contributed by atoms with Gasteiger partial charge in [0, 0.05) is 11.5 Å². The highest BCUT2D eigenvalue weighted by Crippen LogP contribution is 2.13. The van der Waals surface area contributed by atoms with Gasteiger partial charge in [-0.3, -0.25) is 4.79 Å². The fraction of sp³-hybridized carbons (Fsp3) is 0.333. The summed E-state index contributed by atoms with van der Waals surface area (Å²) in [5.41, 5.74) is 6.17. The van der Waals surface area contributed by atoms with Crippen molar-refractivity contribution in [3.63, 3.8) is 0 Å². The number of thioether (sulfide) groups is 1. The van der Waals surface area contributed by atoms with Gasteiger partial charge in [0.2, 0.25) is 0 Å². The Balaban J connectivity index is 2.35. The van der Waals surface area contributed by atoms with Crippen molar-refractivity contribution in [3.8, 4) is 0 Å². The van der Waals surface area contributed by atoms with E-state index < -0.39 is 12.0 Å². The summed E-state index contributed by atoms with van der Waals surface area (Å²) in [4.78, 5) is 14.5. The molecule has 0 amide bonds. The van der Waals surface area contributed by atoms with Gasteiger partial charge in [-0.1, -0.05) is 17.7 Å². The number of carboxylic acid groups (broad SMARTS) is 1. The second kappa shape index (κ2) is 5.95. The molecule has 0 aliphatic carbocycles. The third-order valence-corrected chi connectivity index (χ3v) is 2.94. The van der Waals surface area contributed by atoms with E-state index in [1.165, 1.54) is 11.8 Å². The average Bonchev–Trinajstić information content (AvgIpc) is 2.17. The first-order chi connectivity index (χ1) is 7.09. The van der Waals surface area contributed by atoms with E-state index in [0.717, 1.165) is 5.69 Å². The van der Waals surface area contributed by atoms with Crippen molar-refractivity contribution in [1.82, 2.24) is 4.98 Å². The Morgan fingerprint density at radius 3 is 3.00 bits per heavy atom. The Morgan fingerprint density at radius 1 is 1.67 bits per heavy atom. The molecule has 1 heterocycles. The van der Waals surface area contributed by atoms with Crippen molar-refractivity contribution in [2.24, 2.45) is 5.73 Å². The number of rotatable bonds is 5. The van der Waals surface area contributed by atoms with Crippen LogP contribution >= 0.6 is 23.4 Å². The summed E-state index contributed by atoms with van der Waals surface area (Å²) >= 11 is 7.12. The van der Waals surface area contributed by atoms with Crippen molar-refractivity contribution in [3.05, 3.63) is 29.0 Å². The highest BCUT2D eigenvalue weighted by atomic mass is 35.5. The summed E-state index contributed by atoms with van der Waals surface area (Å²) in [7, 11) is 0. The summed E-state index contributed by atoms with van der Waals surface area (Å²) in [6.45, 7) is 0. The molecule has 0 bridgehead atoms. The van der Waals surface area contributed by atoms with Crippen LogP contribution in [0.1, 0.15) is 5.69 Å². The predicted octanol–water partition coefficient (Wildman–Crippen LogP) is 1.38. The number of hydrogen-bond acceptors (Lipinski definition) is 4. The second-order valence-corrected chi connectivity index (χ2v) is 4.33. The third kappa shape index (κ3) is 4.51. The lowest BCUT2D eigenvalue weighted by Gasteiger charge is -2.05. The van der Waals surface area contributed by atoms with Crippen molar-refractivity contribution >= 4 is 29.3 Å². The van der Waals surface area contributed by atoms with Crippen LogP contribution in [-0.4, -0.2) is 27.9 Å². The van der Waals surface area contributed by atoms with Gasteiger partial charge in [-0.2, -0.15) is 11.8 Å². The lowest BCUT2D eigenvalue weighted by Crippen LogP contribution is -2.32. The first-order valence-corrected chi connectivity index (χ1v) is 5.80. The first kappa shape index (κ1) is 12.3. The number of carbonyl (C=O) groups is 1. The zero-order valence-corrected chi connectivity index (χ0v) is 9.46. The van der Waals surface area contributed by atoms with Crippen LogP contribution in [0.2, 0.25) is 5.15 Å². The van der Waals surface area contributed by atoms with Gasteiger partial charge in [-0.15, -0.1) is 0 Å². The van der Waals surface area contributed by atoms with Crippen LogP contribution in [0.15, 0.2) is 18.2 Å². The van der Waals surface area contributed by atoms with Gasteiger partial charge >= 0.3 is 5.97 Å². The van der Waals surface area contributed by atoms with Crippen LogP contribution < -0.4 is 5.73 Å². The van der Waals surface area contributed by atoms with E-state index in [0.29, 0.717) is 16.7 Å². The summed E-state index contributed by atoms with van der Waals surface area (Å²) in [6, 6.07) is 4.51. The number of aromatic nitrogens is 1. The Morgan fingerprint density at radius 2 is 2.40 bits per heavy atom. The van der Waals surface area contributed by atoms with E-state index in [1.807, 2.05) is 12.1 Å². The van der Waals surface area contributed by atoms with Crippen LogP contribution in [0.25, 0.3) is 0 Å². The van der Waals surface area contributed by atoms with Crippen LogP contribution in [0, 0.1) is 0 Å². The van der Waals surface area contributed by atoms with Gasteiger partial charge in [0.15, 0.2) is 0 Å². The van der Waals surface area contributed by atoms with E-state index in [1.54, 1.807) is 6.07 Å². The molecule has 82 valence electrons. The molecule has 1 unspecified atom stereocenters. The number of aliphatic carboxylic acids is 1. The molecule has 4 nitrogen and oxygen atoms in total. The molecular weight excluding hydrogens is 236 g/mol. The smallest absolute Gasteiger partial charge is 0.321 e. The molecule has 3 N–H and O–H groups in total. The predicted molar refractivity (Wildman–Crippen MR) is 61.0 cm³/mol. The summed E-state index contributed by atoms with van der Waals surface area (Å²) in [5.74, 6) is -0.00742. The summed E-state index contributed by atoms with van der Waals surface area (Å²) < 4.78 is 0. The van der Waals surface area contributed by atoms with Crippen LogP contribution in [0.5, 0.6) is 0 Å². The van der Waals surface area contributed by atoms with Crippen LogP contribution in [0.4, 0.5) is 0 Å². The Hall–Kier alpha value is -0.780. The monoisotopic (exact) mass is 246 g/mol. The van der Waals surface area contributed by atoms with Crippen molar-refractivity contribution < 1.29 is 9.90 Å². The minimum absolute atomic E-state index is 0.365. The molecule has 1 atom stereocenters. The largest absolute Gasteiger partial charge is 0.480 e. The van der Waals surface area contributed by atoms with E-state index >= 15 is 0 Å². The highest BCUT2D eigenvalue weighted by Gasteiger charge is 2.10. The lowest BCUT2D eigenvalue weighted by atomic mass is 10.4. The molecule has 0 aromatic carbocycles. The third-order valence-electron chi connectivity index (χ3n) is 1.64. The van der Waals surface area contributed by atoms with Gasteiger partial charge in [-0.05, 0) is 12.1 Å². The second-order valence-electron chi connectivity index (χ2n) is 2.91. The minimum Gasteiger partial charge on any atom is -0.480 e. The number of nitrogens with zero attached hydrogens (tertiary/aromatic N) is 1. The van der Waals surface area contributed by atoms with E-state index in [4.69, 9.17) is 22.4 Å². The number of hydrogen-bond donors (Lipinski definition) is 2. The van der Waals surface area contributed by atoms with Crippen LogP contribution in [0.3, 0.4) is 0 Å². The number of halogens is 1. The van der Waals surface area contributed by atoms with E-state index in [9.17, 15) is 4.79 Å². The number of nitrogens with two attached hydrogens (primary N) is 1. The molecule has 0 aliphatic rings. The quantitative estimate of drug-likeness (QED) is 0.768. The minimum atomic E-state index is -0.985. The van der Waals surface area contributed by atoms with E-state index in [2.05, 4.69) is 4.98 Å². The maximum absolute atomic E-state index is 10.4. The van der Waals surface area contributed by atoms with Gasteiger partial charge in [0.25, 0.3) is 0 Å². The van der Waals surface area contributed by atoms with Gasteiger partial charge in [0.05, 0.1) is 5.69 Å². The van der Waals surface area contributed by atoms with Crippen LogP contribution in [-0.2, 0) is 10.5 Å². The van der Waals surface area contributed by atoms with E-state index in [-0.39, 0.29) is 0 Å². The molecule has 0 saturated heterocycles. The maximum Gasteiger partial charge on any atom is 0.321 e.